The maximum absolute atomic E-state index is 12.4. The van der Waals surface area contributed by atoms with Gasteiger partial charge in [-0.15, -0.1) is 0 Å². The van der Waals surface area contributed by atoms with Gasteiger partial charge in [-0.05, 0) is 6.07 Å². The monoisotopic (exact) mass is 333 g/mol. The average Bonchev–Trinajstić information content (AvgIpc) is 2.68. The number of carbonyl (C=O) groups is 2. The number of methoxy groups -OCH3 is 1. The smallest absolute Gasteiger partial charge is 0.354 e. The van der Waals surface area contributed by atoms with Gasteiger partial charge < -0.3 is 9.30 Å². The number of carbonyl (C=O) groups excluding carboxylic acids is 2. The SMILES string of the molecule is COC(=O)c1cc(C(=O)C(Cl)(Cl)Cl)cn1CC(F)F. The summed E-state index contributed by atoms with van der Waals surface area (Å²) in [4.78, 5) is 23.1. The van der Waals surface area contributed by atoms with Crippen molar-refractivity contribution in [2.24, 2.45) is 0 Å². The minimum absolute atomic E-state index is 0.166. The fourth-order valence-corrected chi connectivity index (χ4v) is 1.70. The second kappa shape index (κ2) is 6.07. The van der Waals surface area contributed by atoms with Gasteiger partial charge in [0.2, 0.25) is 5.78 Å². The third-order valence-corrected chi connectivity index (χ3v) is 2.66. The number of aromatic nitrogens is 1. The van der Waals surface area contributed by atoms with Gasteiger partial charge in [0.1, 0.15) is 5.69 Å². The first-order chi connectivity index (χ1) is 8.66. The number of rotatable bonds is 4. The molecule has 0 saturated carbocycles. The van der Waals surface area contributed by atoms with Gasteiger partial charge in [0.05, 0.1) is 13.7 Å². The van der Waals surface area contributed by atoms with Crippen molar-refractivity contribution in [3.8, 4) is 0 Å². The lowest BCUT2D eigenvalue weighted by molar-refractivity contribution is 0.0580. The Morgan fingerprint density at radius 3 is 2.42 bits per heavy atom. The topological polar surface area (TPSA) is 48.3 Å². The normalized spacial score (nSPS) is 11.7. The third kappa shape index (κ3) is 4.06. The highest BCUT2D eigenvalue weighted by atomic mass is 35.6. The van der Waals surface area contributed by atoms with E-state index in [1.807, 2.05) is 0 Å². The number of ether oxygens (including phenoxy) is 1. The molecule has 1 aromatic rings. The van der Waals surface area contributed by atoms with E-state index in [0.29, 0.717) is 0 Å². The lowest BCUT2D eigenvalue weighted by atomic mass is 10.2. The van der Waals surface area contributed by atoms with Gasteiger partial charge >= 0.3 is 5.97 Å². The van der Waals surface area contributed by atoms with E-state index >= 15 is 0 Å². The Hall–Kier alpha value is -0.850. The first-order valence-corrected chi connectivity index (χ1v) is 5.98. The van der Waals surface area contributed by atoms with Crippen LogP contribution in [0.4, 0.5) is 8.78 Å². The lowest BCUT2D eigenvalue weighted by Gasteiger charge is -2.07. The molecule has 1 rings (SSSR count). The second-order valence-corrected chi connectivity index (χ2v) is 5.76. The molecule has 0 amide bonds. The van der Waals surface area contributed by atoms with Gasteiger partial charge in [-0.1, -0.05) is 34.8 Å². The standard InChI is InChI=1S/C10H8Cl3F2NO3/c1-19-9(18)6-2-5(8(17)10(11,12)13)3-16(6)4-7(14)15/h2-3,7H,4H2,1H3. The number of nitrogens with zero attached hydrogens (tertiary/aromatic N) is 1. The van der Waals surface area contributed by atoms with Crippen LogP contribution in [0.25, 0.3) is 0 Å². The largest absolute Gasteiger partial charge is 0.464 e. The third-order valence-electron chi connectivity index (χ3n) is 2.15. The number of alkyl halides is 5. The zero-order valence-corrected chi connectivity index (χ0v) is 11.8. The minimum atomic E-state index is -2.72. The molecule has 9 heteroatoms. The fraction of sp³-hybridized carbons (Fsp3) is 0.400. The second-order valence-electron chi connectivity index (χ2n) is 3.48. The van der Waals surface area contributed by atoms with Crippen molar-refractivity contribution >= 4 is 46.6 Å². The van der Waals surface area contributed by atoms with Gasteiger partial charge in [-0.3, -0.25) is 4.79 Å². The molecule has 0 aromatic carbocycles. The summed E-state index contributed by atoms with van der Waals surface area (Å²) in [5, 5.41) is 0. The van der Waals surface area contributed by atoms with E-state index < -0.39 is 28.5 Å². The van der Waals surface area contributed by atoms with Crippen LogP contribution in [0, 0.1) is 0 Å². The Kier molecular flexibility index (Phi) is 5.18. The van der Waals surface area contributed by atoms with Crippen molar-refractivity contribution in [3.63, 3.8) is 0 Å². The van der Waals surface area contributed by atoms with Crippen LogP contribution in [0.5, 0.6) is 0 Å². The zero-order valence-electron chi connectivity index (χ0n) is 9.50. The van der Waals surface area contributed by atoms with E-state index in [0.717, 1.165) is 23.9 Å². The average molecular weight is 335 g/mol. The molecule has 106 valence electrons. The van der Waals surface area contributed by atoms with Crippen molar-refractivity contribution < 1.29 is 23.1 Å². The van der Waals surface area contributed by atoms with Crippen LogP contribution in [0.3, 0.4) is 0 Å². The maximum atomic E-state index is 12.4. The van der Waals surface area contributed by atoms with E-state index in [1.54, 1.807) is 0 Å². The molecular formula is C10H8Cl3F2NO3. The van der Waals surface area contributed by atoms with Crippen LogP contribution >= 0.6 is 34.8 Å². The van der Waals surface area contributed by atoms with Gasteiger partial charge in [0.15, 0.2) is 0 Å². The molecule has 0 aliphatic carbocycles. The molecule has 4 nitrogen and oxygen atoms in total. The van der Waals surface area contributed by atoms with Crippen LogP contribution in [-0.2, 0) is 11.3 Å². The molecule has 1 aromatic heterocycles. The van der Waals surface area contributed by atoms with E-state index in [4.69, 9.17) is 34.8 Å². The van der Waals surface area contributed by atoms with Crippen LogP contribution in [0.15, 0.2) is 12.3 Å². The number of ketones is 1. The van der Waals surface area contributed by atoms with Crippen LogP contribution < -0.4 is 0 Å². The first kappa shape index (κ1) is 16.2. The van der Waals surface area contributed by atoms with Gasteiger partial charge in [-0.2, -0.15) is 0 Å². The summed E-state index contributed by atoms with van der Waals surface area (Å²) in [6, 6.07) is 1.04. The van der Waals surface area contributed by atoms with Crippen molar-refractivity contribution in [2.75, 3.05) is 7.11 Å². The number of halogens is 5. The Labute approximate surface area is 122 Å². The molecule has 0 unspecified atom stereocenters. The highest BCUT2D eigenvalue weighted by Gasteiger charge is 2.33. The van der Waals surface area contributed by atoms with Crippen LogP contribution in [0.2, 0.25) is 0 Å². The Bertz CT molecular complexity index is 497. The molecule has 0 spiro atoms. The molecular weight excluding hydrogens is 326 g/mol. The zero-order chi connectivity index (χ0) is 14.8. The van der Waals surface area contributed by atoms with Gasteiger partial charge in [0.25, 0.3) is 10.2 Å². The number of esters is 1. The predicted molar refractivity (Wildman–Crippen MR) is 66.4 cm³/mol. The van der Waals surface area contributed by atoms with Gasteiger partial charge in [0, 0.05) is 11.8 Å². The number of Topliss-reactive ketones (excluding diaryl/α,β-unsaturated/α-hetero) is 1. The van der Waals surface area contributed by atoms with Crippen molar-refractivity contribution in [1.29, 1.82) is 0 Å². The first-order valence-electron chi connectivity index (χ1n) is 4.85. The molecule has 1 heterocycles. The van der Waals surface area contributed by atoms with Crippen molar-refractivity contribution in [1.82, 2.24) is 4.57 Å². The number of hydrogen-bond acceptors (Lipinski definition) is 3. The summed E-state index contributed by atoms with van der Waals surface area (Å²) < 4.78 is 27.8. The minimum Gasteiger partial charge on any atom is -0.464 e. The van der Waals surface area contributed by atoms with E-state index in [2.05, 4.69) is 4.74 Å². The summed E-state index contributed by atoms with van der Waals surface area (Å²) in [7, 11) is 1.08. The molecule has 0 atom stereocenters. The molecule has 0 N–H and O–H groups in total. The summed E-state index contributed by atoms with van der Waals surface area (Å²) in [5.74, 6) is -1.79. The van der Waals surface area contributed by atoms with Crippen molar-refractivity contribution in [3.05, 3.63) is 23.5 Å². The molecule has 19 heavy (non-hydrogen) atoms. The quantitative estimate of drug-likeness (QED) is 0.483. The molecule has 0 radical (unpaired) electrons. The lowest BCUT2D eigenvalue weighted by Crippen LogP contribution is -2.18. The van der Waals surface area contributed by atoms with Crippen LogP contribution in [-0.4, -0.2) is 33.6 Å². The van der Waals surface area contributed by atoms with E-state index in [1.165, 1.54) is 0 Å². The number of hydrogen-bond donors (Lipinski definition) is 0. The summed E-state index contributed by atoms with van der Waals surface area (Å²) in [6.07, 6.45) is -1.70. The molecule has 0 saturated heterocycles. The van der Waals surface area contributed by atoms with E-state index in [9.17, 15) is 18.4 Å². The maximum Gasteiger partial charge on any atom is 0.354 e. The summed E-state index contributed by atoms with van der Waals surface area (Å²) in [6.45, 7) is -0.780. The fourth-order valence-electron chi connectivity index (χ4n) is 1.37. The highest BCUT2D eigenvalue weighted by Crippen LogP contribution is 2.31. The summed E-state index contributed by atoms with van der Waals surface area (Å²) in [5.41, 5.74) is -0.388. The predicted octanol–water partition coefficient (Wildman–Crippen LogP) is 3.09. The molecule has 0 fully saturated rings. The van der Waals surface area contributed by atoms with E-state index in [-0.39, 0.29) is 11.3 Å². The molecule has 0 aliphatic heterocycles. The molecule has 0 bridgehead atoms. The highest BCUT2D eigenvalue weighted by molar-refractivity contribution is 6.77. The molecule has 0 aliphatic rings. The Morgan fingerprint density at radius 1 is 1.42 bits per heavy atom. The summed E-state index contributed by atoms with van der Waals surface area (Å²) >= 11 is 16.2. The Morgan fingerprint density at radius 2 is 2.00 bits per heavy atom. The Balaban J connectivity index is 3.20. The van der Waals surface area contributed by atoms with Crippen molar-refractivity contribution in [2.45, 2.75) is 16.8 Å². The van der Waals surface area contributed by atoms with Crippen LogP contribution in [0.1, 0.15) is 20.8 Å². The van der Waals surface area contributed by atoms with Gasteiger partial charge in [-0.25, -0.2) is 13.6 Å².